The molecule has 0 aliphatic rings. The Morgan fingerprint density at radius 2 is 2.29 bits per heavy atom. The molecule has 0 saturated heterocycles. The second-order valence-electron chi connectivity index (χ2n) is 3.84. The first-order valence-corrected chi connectivity index (χ1v) is 5.23. The lowest BCUT2D eigenvalue weighted by Crippen LogP contribution is -2.25. The summed E-state index contributed by atoms with van der Waals surface area (Å²) < 4.78 is 3.12. The number of hydrogen-bond donors (Lipinski definition) is 1. The van der Waals surface area contributed by atoms with E-state index in [1.807, 2.05) is 13.0 Å². The number of nitrogens with one attached hydrogen (secondary N) is 1. The molecule has 7 heteroatoms. The average Bonchev–Trinajstić information content (AvgIpc) is 2.88. The topological polar surface area (TPSA) is 77.6 Å². The first-order chi connectivity index (χ1) is 8.08. The van der Waals surface area contributed by atoms with Crippen LogP contribution < -0.4 is 5.32 Å². The number of aryl methyl sites for hydroxylation is 2. The van der Waals surface area contributed by atoms with Gasteiger partial charge in [0.05, 0.1) is 5.69 Å². The zero-order valence-corrected chi connectivity index (χ0v) is 9.95. The van der Waals surface area contributed by atoms with Crippen molar-refractivity contribution >= 4 is 11.7 Å². The van der Waals surface area contributed by atoms with E-state index in [1.165, 1.54) is 17.3 Å². The molecule has 1 unspecified atom stereocenters. The molecule has 0 spiro atoms. The van der Waals surface area contributed by atoms with Crippen molar-refractivity contribution in [3.63, 3.8) is 0 Å². The van der Waals surface area contributed by atoms with Crippen molar-refractivity contribution in [1.82, 2.24) is 24.5 Å². The van der Waals surface area contributed by atoms with Crippen LogP contribution in [0.2, 0.25) is 0 Å². The molecule has 0 radical (unpaired) electrons. The van der Waals surface area contributed by atoms with Gasteiger partial charge in [-0.2, -0.15) is 10.2 Å². The van der Waals surface area contributed by atoms with Crippen molar-refractivity contribution in [2.24, 2.45) is 7.05 Å². The van der Waals surface area contributed by atoms with E-state index >= 15 is 0 Å². The maximum Gasteiger partial charge on any atom is 0.250 e. The van der Waals surface area contributed by atoms with Crippen molar-refractivity contribution < 1.29 is 4.79 Å². The van der Waals surface area contributed by atoms with Crippen LogP contribution in [-0.2, 0) is 11.8 Å². The van der Waals surface area contributed by atoms with Crippen molar-refractivity contribution in [3.05, 3.63) is 24.4 Å². The standard InChI is InChI=1S/C10H14N6O/c1-7-4-9(15(3)14-7)13-10(17)8(2)16-6-11-5-12-16/h4-6,8H,1-3H3,(H,13,17). The quantitative estimate of drug-likeness (QED) is 0.839. The van der Waals surface area contributed by atoms with Crippen LogP contribution in [0.4, 0.5) is 5.82 Å². The Morgan fingerprint density at radius 3 is 2.82 bits per heavy atom. The smallest absolute Gasteiger partial charge is 0.250 e. The van der Waals surface area contributed by atoms with E-state index in [4.69, 9.17) is 0 Å². The molecule has 2 aromatic heterocycles. The number of carbonyl (C=O) groups is 1. The maximum atomic E-state index is 11.9. The summed E-state index contributed by atoms with van der Waals surface area (Å²) in [5.74, 6) is 0.512. The highest BCUT2D eigenvalue weighted by Crippen LogP contribution is 2.11. The monoisotopic (exact) mass is 234 g/mol. The minimum atomic E-state index is -0.410. The van der Waals surface area contributed by atoms with Crippen molar-refractivity contribution in [1.29, 1.82) is 0 Å². The summed E-state index contributed by atoms with van der Waals surface area (Å²) in [6, 6.07) is 1.40. The fourth-order valence-electron chi connectivity index (χ4n) is 1.50. The van der Waals surface area contributed by atoms with E-state index in [2.05, 4.69) is 20.5 Å². The van der Waals surface area contributed by atoms with Gasteiger partial charge in [0.15, 0.2) is 0 Å². The van der Waals surface area contributed by atoms with Crippen molar-refractivity contribution in [2.45, 2.75) is 19.9 Å². The Hall–Kier alpha value is -2.18. The van der Waals surface area contributed by atoms with Crippen molar-refractivity contribution in [2.75, 3.05) is 5.32 Å². The lowest BCUT2D eigenvalue weighted by molar-refractivity contribution is -0.119. The Balaban J connectivity index is 2.09. The summed E-state index contributed by atoms with van der Waals surface area (Å²) in [5, 5.41) is 10.9. The third-order valence-corrected chi connectivity index (χ3v) is 2.47. The van der Waals surface area contributed by atoms with Gasteiger partial charge in [-0.1, -0.05) is 0 Å². The van der Waals surface area contributed by atoms with Crippen LogP contribution >= 0.6 is 0 Å². The van der Waals surface area contributed by atoms with Crippen LogP contribution in [0.5, 0.6) is 0 Å². The Bertz CT molecular complexity index is 515. The number of hydrogen-bond acceptors (Lipinski definition) is 4. The van der Waals surface area contributed by atoms with Crippen LogP contribution in [0.15, 0.2) is 18.7 Å². The van der Waals surface area contributed by atoms with Crippen LogP contribution in [0.1, 0.15) is 18.7 Å². The highest BCUT2D eigenvalue weighted by atomic mass is 16.2. The third-order valence-electron chi connectivity index (χ3n) is 2.47. The van der Waals surface area contributed by atoms with Gasteiger partial charge in [0, 0.05) is 13.1 Å². The lowest BCUT2D eigenvalue weighted by atomic mass is 10.3. The largest absolute Gasteiger partial charge is 0.309 e. The number of aromatic nitrogens is 5. The molecule has 7 nitrogen and oxygen atoms in total. The second-order valence-corrected chi connectivity index (χ2v) is 3.84. The van der Waals surface area contributed by atoms with Gasteiger partial charge in [-0.25, -0.2) is 9.67 Å². The third kappa shape index (κ3) is 2.32. The van der Waals surface area contributed by atoms with Gasteiger partial charge in [-0.15, -0.1) is 0 Å². The first-order valence-electron chi connectivity index (χ1n) is 5.23. The molecular weight excluding hydrogens is 220 g/mol. The van der Waals surface area contributed by atoms with E-state index < -0.39 is 6.04 Å². The summed E-state index contributed by atoms with van der Waals surface area (Å²) in [7, 11) is 1.78. The summed E-state index contributed by atoms with van der Waals surface area (Å²) in [6.45, 7) is 3.63. The predicted molar refractivity (Wildman–Crippen MR) is 61.3 cm³/mol. The van der Waals surface area contributed by atoms with E-state index in [-0.39, 0.29) is 5.91 Å². The van der Waals surface area contributed by atoms with E-state index in [9.17, 15) is 4.79 Å². The SMILES string of the molecule is Cc1cc(NC(=O)C(C)n2cncn2)n(C)n1. The Morgan fingerprint density at radius 1 is 1.53 bits per heavy atom. The van der Waals surface area contributed by atoms with Crippen LogP contribution in [0.25, 0.3) is 0 Å². The van der Waals surface area contributed by atoms with Crippen molar-refractivity contribution in [3.8, 4) is 0 Å². The van der Waals surface area contributed by atoms with Crippen LogP contribution in [0, 0.1) is 6.92 Å². The zero-order chi connectivity index (χ0) is 12.4. The Kier molecular flexibility index (Phi) is 2.90. The van der Waals surface area contributed by atoms with Gasteiger partial charge >= 0.3 is 0 Å². The Labute approximate surface area is 98.5 Å². The van der Waals surface area contributed by atoms with Gasteiger partial charge in [-0.3, -0.25) is 9.48 Å². The fraction of sp³-hybridized carbons (Fsp3) is 0.400. The zero-order valence-electron chi connectivity index (χ0n) is 9.95. The molecule has 0 aliphatic carbocycles. The number of anilines is 1. The molecule has 2 rings (SSSR count). The summed E-state index contributed by atoms with van der Waals surface area (Å²) >= 11 is 0. The lowest BCUT2D eigenvalue weighted by Gasteiger charge is -2.11. The normalized spacial score (nSPS) is 12.4. The maximum absolute atomic E-state index is 11.9. The van der Waals surface area contributed by atoms with Gasteiger partial charge in [0.25, 0.3) is 0 Å². The molecule has 1 amide bonds. The molecule has 2 aromatic rings. The number of nitrogens with zero attached hydrogens (tertiary/aromatic N) is 5. The van der Waals surface area contributed by atoms with E-state index in [1.54, 1.807) is 18.7 Å². The molecule has 0 saturated carbocycles. The molecule has 17 heavy (non-hydrogen) atoms. The average molecular weight is 234 g/mol. The second kappa shape index (κ2) is 4.36. The molecule has 1 N–H and O–H groups in total. The first kappa shape index (κ1) is 11.3. The number of carbonyl (C=O) groups excluding carboxylic acids is 1. The molecular formula is C10H14N6O. The molecule has 0 aliphatic heterocycles. The molecule has 90 valence electrons. The minimum absolute atomic E-state index is 0.154. The predicted octanol–water partition coefficient (Wildman–Crippen LogP) is 0.520. The van der Waals surface area contributed by atoms with E-state index in [0.29, 0.717) is 5.82 Å². The summed E-state index contributed by atoms with van der Waals surface area (Å²) in [6.07, 6.45) is 2.91. The van der Waals surface area contributed by atoms with Crippen LogP contribution in [0.3, 0.4) is 0 Å². The minimum Gasteiger partial charge on any atom is -0.309 e. The van der Waals surface area contributed by atoms with Crippen LogP contribution in [-0.4, -0.2) is 30.5 Å². The van der Waals surface area contributed by atoms with Gasteiger partial charge < -0.3 is 5.32 Å². The van der Waals surface area contributed by atoms with Gasteiger partial charge in [0.1, 0.15) is 24.5 Å². The molecule has 0 fully saturated rings. The molecule has 0 bridgehead atoms. The van der Waals surface area contributed by atoms with Gasteiger partial charge in [0.2, 0.25) is 5.91 Å². The van der Waals surface area contributed by atoms with E-state index in [0.717, 1.165) is 5.69 Å². The fourth-order valence-corrected chi connectivity index (χ4v) is 1.50. The molecule has 2 heterocycles. The number of rotatable bonds is 3. The van der Waals surface area contributed by atoms with Gasteiger partial charge in [-0.05, 0) is 13.8 Å². The molecule has 0 aromatic carbocycles. The molecule has 1 atom stereocenters. The highest BCUT2D eigenvalue weighted by Gasteiger charge is 2.16. The summed E-state index contributed by atoms with van der Waals surface area (Å²) in [5.41, 5.74) is 0.858. The summed E-state index contributed by atoms with van der Waals surface area (Å²) in [4.78, 5) is 15.7. The highest BCUT2D eigenvalue weighted by molar-refractivity contribution is 5.92. The number of amides is 1.